The Balaban J connectivity index is 1.20. The van der Waals surface area contributed by atoms with E-state index in [0.29, 0.717) is 67.4 Å². The van der Waals surface area contributed by atoms with Gasteiger partial charge in [-0.15, -0.1) is 0 Å². The second-order valence-electron chi connectivity index (χ2n) is 18.5. The lowest BCUT2D eigenvalue weighted by atomic mass is 9.32. The van der Waals surface area contributed by atoms with Crippen molar-refractivity contribution in [1.29, 1.82) is 0 Å². The number of carboxylic acid groups (broad SMARTS) is 1. The van der Waals surface area contributed by atoms with Crippen molar-refractivity contribution in [2.45, 2.75) is 132 Å². The van der Waals surface area contributed by atoms with Crippen LogP contribution in [0.5, 0.6) is 0 Å². The molecule has 1 aromatic rings. The van der Waals surface area contributed by atoms with E-state index in [9.17, 15) is 19.2 Å². The van der Waals surface area contributed by atoms with Gasteiger partial charge in [0.25, 0.3) is 5.91 Å². The Hall–Kier alpha value is -2.96. The Kier molecular flexibility index (Phi) is 9.74. The minimum Gasteiger partial charge on any atom is -0.481 e. The first-order chi connectivity index (χ1) is 23.5. The number of carbonyl (C=O) groups is 4. The van der Waals surface area contributed by atoms with Crippen LogP contribution in [0.1, 0.15) is 141 Å². The predicted octanol–water partition coefficient (Wildman–Crippen LogP) is 8.51. The van der Waals surface area contributed by atoms with E-state index >= 15 is 0 Å². The fourth-order valence-electron chi connectivity index (χ4n) is 13.2. The molecule has 274 valence electrons. The van der Waals surface area contributed by atoms with Crippen molar-refractivity contribution in [2.75, 3.05) is 6.54 Å². The number of allylic oxidation sites excluding steroid dienone is 1. The van der Waals surface area contributed by atoms with Crippen LogP contribution in [0.3, 0.4) is 0 Å². The molecule has 2 amide bonds. The van der Waals surface area contributed by atoms with Gasteiger partial charge in [0.1, 0.15) is 5.78 Å². The van der Waals surface area contributed by atoms with E-state index < -0.39 is 11.4 Å². The molecule has 3 N–H and O–H groups in total. The molecule has 0 bridgehead atoms. The molecule has 5 aliphatic carbocycles. The summed E-state index contributed by atoms with van der Waals surface area (Å²) in [4.78, 5) is 51.3. The van der Waals surface area contributed by atoms with Crippen molar-refractivity contribution >= 4 is 23.6 Å². The van der Waals surface area contributed by atoms with Crippen molar-refractivity contribution in [3.8, 4) is 0 Å². The number of benzene rings is 1. The number of nitrogens with one attached hydrogen (secondary N) is 2. The number of rotatable bonds is 10. The van der Waals surface area contributed by atoms with E-state index in [1.807, 2.05) is 18.2 Å². The van der Waals surface area contributed by atoms with Crippen LogP contribution in [0.2, 0.25) is 0 Å². The molecular weight excluding hydrogens is 624 g/mol. The van der Waals surface area contributed by atoms with Gasteiger partial charge >= 0.3 is 5.97 Å². The second kappa shape index (κ2) is 13.2. The molecule has 0 heterocycles. The second-order valence-corrected chi connectivity index (χ2v) is 18.5. The first-order valence-corrected chi connectivity index (χ1v) is 19.6. The van der Waals surface area contributed by atoms with E-state index in [1.165, 1.54) is 12.0 Å². The average Bonchev–Trinajstić information content (AvgIpc) is 3.47. The van der Waals surface area contributed by atoms with Crippen LogP contribution in [-0.2, 0) is 20.9 Å². The summed E-state index contributed by atoms with van der Waals surface area (Å²) in [6.45, 7) is 19.6. The average molecular weight is 687 g/mol. The van der Waals surface area contributed by atoms with E-state index in [2.05, 4.69) is 58.8 Å². The normalized spacial score (nSPS) is 38.5. The van der Waals surface area contributed by atoms with Crippen LogP contribution in [-0.4, -0.2) is 35.2 Å². The molecule has 7 nitrogen and oxygen atoms in total. The van der Waals surface area contributed by atoms with E-state index in [1.54, 1.807) is 6.07 Å². The number of fused-ring (bicyclic) bond motifs is 7. The first-order valence-electron chi connectivity index (χ1n) is 19.6. The number of carboxylic acids is 1. The van der Waals surface area contributed by atoms with Crippen LogP contribution in [0, 0.1) is 56.7 Å². The first kappa shape index (κ1) is 36.8. The highest BCUT2D eigenvalue weighted by atomic mass is 16.4. The summed E-state index contributed by atoms with van der Waals surface area (Å²) < 4.78 is 0. The van der Waals surface area contributed by atoms with Gasteiger partial charge in [-0.2, -0.15) is 0 Å². The molecular formula is C43H62N2O5. The Morgan fingerprint density at radius 1 is 0.880 bits per heavy atom. The van der Waals surface area contributed by atoms with Crippen LogP contribution in [0.4, 0.5) is 0 Å². The van der Waals surface area contributed by atoms with Gasteiger partial charge in [0.05, 0.1) is 5.41 Å². The Morgan fingerprint density at radius 3 is 2.36 bits per heavy atom. The van der Waals surface area contributed by atoms with Crippen molar-refractivity contribution in [3.63, 3.8) is 0 Å². The minimum atomic E-state index is -0.826. The summed E-state index contributed by atoms with van der Waals surface area (Å²) in [7, 11) is 0. The molecule has 1 aromatic carbocycles. The predicted molar refractivity (Wildman–Crippen MR) is 196 cm³/mol. The van der Waals surface area contributed by atoms with E-state index in [0.717, 1.165) is 56.9 Å². The quantitative estimate of drug-likeness (QED) is 0.169. The molecule has 0 aromatic heterocycles. The molecule has 7 heteroatoms. The molecule has 6 rings (SSSR count). The van der Waals surface area contributed by atoms with Crippen LogP contribution < -0.4 is 10.6 Å². The maximum absolute atomic E-state index is 14.6. The lowest BCUT2D eigenvalue weighted by molar-refractivity contribution is -0.233. The molecule has 9 atom stereocenters. The summed E-state index contributed by atoms with van der Waals surface area (Å²) in [5, 5.41) is 15.1. The van der Waals surface area contributed by atoms with Gasteiger partial charge in [0.15, 0.2) is 0 Å². The molecule has 0 radical (unpaired) electrons. The minimum absolute atomic E-state index is 0.0991. The van der Waals surface area contributed by atoms with Crippen LogP contribution in [0.15, 0.2) is 36.4 Å². The third-order valence-corrected chi connectivity index (χ3v) is 16.0. The van der Waals surface area contributed by atoms with Gasteiger partial charge in [-0.05, 0) is 141 Å². The SMILES string of the molecule is C=C(C)[C@@H]1CCC2(C(=O)NCc3cccc(C(=O)NCCCCC(=O)O)c3)CC[C@]3(C)C(CCC4C5(C)CCC(=O)C(C)(C)C5CCC43C)C12. The smallest absolute Gasteiger partial charge is 0.303 e. The van der Waals surface area contributed by atoms with Crippen molar-refractivity contribution in [1.82, 2.24) is 10.6 Å². The highest BCUT2D eigenvalue weighted by Crippen LogP contribution is 2.77. The maximum Gasteiger partial charge on any atom is 0.303 e. The fraction of sp³-hybridized carbons (Fsp3) is 0.721. The number of carbonyl (C=O) groups excluding carboxylic acids is 3. The summed E-state index contributed by atoms with van der Waals surface area (Å²) in [5.74, 6) is 1.68. The lowest BCUT2D eigenvalue weighted by Crippen LogP contribution is -2.67. The maximum atomic E-state index is 14.6. The number of hydrogen-bond acceptors (Lipinski definition) is 4. The number of amides is 2. The third kappa shape index (κ3) is 5.77. The molecule has 5 fully saturated rings. The third-order valence-electron chi connectivity index (χ3n) is 16.0. The Labute approximate surface area is 300 Å². The van der Waals surface area contributed by atoms with Crippen molar-refractivity contribution in [3.05, 3.63) is 47.5 Å². The molecule has 5 saturated carbocycles. The summed E-state index contributed by atoms with van der Waals surface area (Å²) in [6, 6.07) is 7.45. The number of ketones is 1. The zero-order valence-electron chi connectivity index (χ0n) is 31.6. The molecule has 0 saturated heterocycles. The zero-order chi connectivity index (χ0) is 36.3. The van der Waals surface area contributed by atoms with Gasteiger partial charge in [0.2, 0.25) is 5.91 Å². The molecule has 0 aliphatic heterocycles. The van der Waals surface area contributed by atoms with Gasteiger partial charge in [0, 0.05) is 36.9 Å². The molecule has 50 heavy (non-hydrogen) atoms. The molecule has 5 aliphatic rings. The number of unbranched alkanes of at least 4 members (excludes halogenated alkanes) is 1. The van der Waals surface area contributed by atoms with Crippen LogP contribution >= 0.6 is 0 Å². The highest BCUT2D eigenvalue weighted by molar-refractivity contribution is 5.94. The molecule has 0 spiro atoms. The van der Waals surface area contributed by atoms with E-state index in [4.69, 9.17) is 5.11 Å². The largest absolute Gasteiger partial charge is 0.481 e. The summed E-state index contributed by atoms with van der Waals surface area (Å²) in [5.41, 5.74) is 2.44. The topological polar surface area (TPSA) is 113 Å². The van der Waals surface area contributed by atoms with Gasteiger partial charge < -0.3 is 15.7 Å². The Morgan fingerprint density at radius 2 is 1.64 bits per heavy atom. The Bertz CT molecular complexity index is 1550. The van der Waals surface area contributed by atoms with Gasteiger partial charge in [-0.25, -0.2) is 0 Å². The van der Waals surface area contributed by atoms with Crippen molar-refractivity contribution < 1.29 is 24.3 Å². The van der Waals surface area contributed by atoms with Gasteiger partial charge in [-0.1, -0.05) is 58.9 Å². The highest BCUT2D eigenvalue weighted by Gasteiger charge is 2.71. The summed E-state index contributed by atoms with van der Waals surface area (Å²) in [6.07, 6.45) is 11.4. The molecule has 7 unspecified atom stereocenters. The number of hydrogen-bond donors (Lipinski definition) is 3. The van der Waals surface area contributed by atoms with Crippen molar-refractivity contribution in [2.24, 2.45) is 56.7 Å². The number of aliphatic carboxylic acids is 1. The van der Waals surface area contributed by atoms with E-state index in [-0.39, 0.29) is 45.8 Å². The zero-order valence-corrected chi connectivity index (χ0v) is 31.6. The monoisotopic (exact) mass is 686 g/mol. The summed E-state index contributed by atoms with van der Waals surface area (Å²) >= 11 is 0. The standard InChI is InChI=1S/C43H62N2O5/c1-27(2)30-16-21-43(38(50)45-26-28-11-10-12-29(25-28)37(49)44-24-9-8-13-35(47)48)23-22-41(6)31(36(30)43)14-15-33-40(5)19-18-34(46)39(3,4)32(40)17-20-42(33,41)7/h10-12,25,30-33,36H,1,8-9,13-24,26H2,2-7H3,(H,44,49)(H,45,50)(H,47,48)/t30-,31?,32?,33?,36?,40?,41+,42?,43?/m0/s1. The fourth-order valence-corrected chi connectivity index (χ4v) is 13.2. The number of Topliss-reactive ketones (excluding diaryl/α,β-unsaturated/α-hetero) is 1. The van der Waals surface area contributed by atoms with Crippen LogP contribution in [0.25, 0.3) is 0 Å². The lowest BCUT2D eigenvalue weighted by Gasteiger charge is -2.72. The van der Waals surface area contributed by atoms with Gasteiger partial charge in [-0.3, -0.25) is 19.2 Å².